The number of halogens is 1. The van der Waals surface area contributed by atoms with Crippen LogP contribution in [0.15, 0.2) is 64.5 Å². The number of hydrazine groups is 1. The van der Waals surface area contributed by atoms with E-state index in [1.807, 2.05) is 42.5 Å². The molecule has 2 aromatic carbocycles. The van der Waals surface area contributed by atoms with Crippen molar-refractivity contribution in [3.05, 3.63) is 59.6 Å². The lowest BCUT2D eigenvalue weighted by molar-refractivity contribution is -0.120. The van der Waals surface area contributed by atoms with E-state index in [1.165, 1.54) is 5.01 Å². The molecule has 3 rings (SSSR count). The van der Waals surface area contributed by atoms with Crippen LogP contribution in [0.1, 0.15) is 6.92 Å². The number of aliphatic imine (C=N–C) groups is 1. The van der Waals surface area contributed by atoms with Crippen LogP contribution >= 0.6 is 23.4 Å². The highest BCUT2D eigenvalue weighted by Crippen LogP contribution is 2.19. The van der Waals surface area contributed by atoms with Crippen LogP contribution in [0.2, 0.25) is 5.02 Å². The van der Waals surface area contributed by atoms with Gasteiger partial charge in [-0.15, -0.1) is 11.8 Å². The number of rotatable bonds is 6. The number of amidine groups is 1. The van der Waals surface area contributed by atoms with Crippen molar-refractivity contribution in [1.82, 2.24) is 10.7 Å². The molecular formula is C19H19ClN4O2S. The maximum absolute atomic E-state index is 12.4. The van der Waals surface area contributed by atoms with Gasteiger partial charge in [-0.05, 0) is 43.3 Å². The predicted molar refractivity (Wildman–Crippen MR) is 109 cm³/mol. The fourth-order valence-electron chi connectivity index (χ4n) is 2.45. The van der Waals surface area contributed by atoms with E-state index >= 15 is 0 Å². The summed E-state index contributed by atoms with van der Waals surface area (Å²) in [4.78, 5) is 30.0. The fraction of sp³-hybridized carbons (Fsp3) is 0.211. The Balaban J connectivity index is 1.55. The third kappa shape index (κ3) is 5.02. The van der Waals surface area contributed by atoms with Crippen LogP contribution in [0.3, 0.4) is 0 Å². The van der Waals surface area contributed by atoms with Crippen molar-refractivity contribution in [2.24, 2.45) is 4.99 Å². The molecule has 1 aliphatic heterocycles. The van der Waals surface area contributed by atoms with Crippen LogP contribution in [0.4, 0.5) is 5.69 Å². The first-order valence-electron chi connectivity index (χ1n) is 8.44. The lowest BCUT2D eigenvalue weighted by atomic mass is 10.2. The van der Waals surface area contributed by atoms with Gasteiger partial charge in [-0.1, -0.05) is 29.8 Å². The lowest BCUT2D eigenvalue weighted by Gasteiger charge is -2.30. The van der Waals surface area contributed by atoms with Crippen molar-refractivity contribution < 1.29 is 9.59 Å². The molecular weight excluding hydrogens is 384 g/mol. The summed E-state index contributed by atoms with van der Waals surface area (Å²) in [6, 6.07) is 16.0. The van der Waals surface area contributed by atoms with Crippen molar-refractivity contribution in [2.45, 2.75) is 17.9 Å². The predicted octanol–water partition coefficient (Wildman–Crippen LogP) is 2.89. The zero-order valence-corrected chi connectivity index (χ0v) is 16.3. The number of benzene rings is 2. The topological polar surface area (TPSA) is 73.8 Å². The molecule has 2 N–H and O–H groups in total. The Morgan fingerprint density at radius 3 is 2.63 bits per heavy atom. The molecule has 1 heterocycles. The Bertz CT molecular complexity index is 843. The third-order valence-electron chi connectivity index (χ3n) is 3.82. The fourth-order valence-corrected chi connectivity index (χ4v) is 3.35. The number of para-hydroxylation sites is 1. The second-order valence-electron chi connectivity index (χ2n) is 5.83. The van der Waals surface area contributed by atoms with Gasteiger partial charge in [0.25, 0.3) is 11.8 Å². The smallest absolute Gasteiger partial charge is 0.288 e. The SMILES string of the molecule is CC1N=C(C(=O)NCCSc2ccc(Cl)cc2)NN(c2ccccc2)C1=O. The summed E-state index contributed by atoms with van der Waals surface area (Å²) < 4.78 is 0. The molecule has 1 unspecified atom stereocenters. The van der Waals surface area contributed by atoms with Crippen LogP contribution in [-0.4, -0.2) is 36.0 Å². The molecule has 1 aliphatic rings. The van der Waals surface area contributed by atoms with E-state index in [-0.39, 0.29) is 17.6 Å². The maximum atomic E-state index is 12.4. The standard InChI is InChI=1S/C19H19ClN4O2S/c1-13-19(26)24(15-5-3-2-4-6-15)23-17(22-13)18(25)21-11-12-27-16-9-7-14(20)8-10-16/h2-10,13H,11-12H2,1H3,(H,21,25)(H,22,23). The quantitative estimate of drug-likeness (QED) is 0.575. The van der Waals surface area contributed by atoms with E-state index < -0.39 is 6.04 Å². The highest BCUT2D eigenvalue weighted by molar-refractivity contribution is 7.99. The van der Waals surface area contributed by atoms with Gasteiger partial charge in [0.2, 0.25) is 5.84 Å². The van der Waals surface area contributed by atoms with Gasteiger partial charge >= 0.3 is 0 Å². The maximum Gasteiger partial charge on any atom is 0.288 e. The number of carbonyl (C=O) groups is 2. The second kappa shape index (κ2) is 8.92. The number of anilines is 1. The lowest BCUT2D eigenvalue weighted by Crippen LogP contribution is -2.58. The molecule has 8 heteroatoms. The van der Waals surface area contributed by atoms with Gasteiger partial charge in [0.1, 0.15) is 6.04 Å². The van der Waals surface area contributed by atoms with Crippen molar-refractivity contribution in [1.29, 1.82) is 0 Å². The molecule has 0 fully saturated rings. The Morgan fingerprint density at radius 2 is 1.93 bits per heavy atom. The summed E-state index contributed by atoms with van der Waals surface area (Å²) >= 11 is 7.48. The first-order valence-corrected chi connectivity index (χ1v) is 9.81. The Morgan fingerprint density at radius 1 is 1.22 bits per heavy atom. The molecule has 2 aromatic rings. The van der Waals surface area contributed by atoms with E-state index in [0.717, 1.165) is 4.90 Å². The average Bonchev–Trinajstić information content (AvgIpc) is 2.69. The first-order chi connectivity index (χ1) is 13.0. The van der Waals surface area contributed by atoms with E-state index in [2.05, 4.69) is 15.7 Å². The van der Waals surface area contributed by atoms with Gasteiger partial charge in [-0.3, -0.25) is 15.0 Å². The number of nitrogens with zero attached hydrogens (tertiary/aromatic N) is 2. The van der Waals surface area contributed by atoms with Gasteiger partial charge in [0, 0.05) is 22.2 Å². The minimum Gasteiger partial charge on any atom is -0.349 e. The average molecular weight is 403 g/mol. The molecule has 0 spiro atoms. The van der Waals surface area contributed by atoms with Crippen LogP contribution in [-0.2, 0) is 9.59 Å². The number of hydrogen-bond donors (Lipinski definition) is 2. The summed E-state index contributed by atoms with van der Waals surface area (Å²) in [6.45, 7) is 2.14. The normalized spacial score (nSPS) is 16.5. The molecule has 2 amide bonds. The molecule has 6 nitrogen and oxygen atoms in total. The largest absolute Gasteiger partial charge is 0.349 e. The van der Waals surface area contributed by atoms with Gasteiger partial charge in [-0.25, -0.2) is 10.0 Å². The zero-order valence-electron chi connectivity index (χ0n) is 14.7. The molecule has 0 bridgehead atoms. The highest BCUT2D eigenvalue weighted by Gasteiger charge is 2.30. The molecule has 27 heavy (non-hydrogen) atoms. The number of hydrogen-bond acceptors (Lipinski definition) is 5. The molecule has 0 radical (unpaired) electrons. The van der Waals surface area contributed by atoms with Crippen molar-refractivity contribution in [3.63, 3.8) is 0 Å². The van der Waals surface area contributed by atoms with Gasteiger partial charge in [-0.2, -0.15) is 0 Å². The molecule has 0 saturated heterocycles. The van der Waals surface area contributed by atoms with Crippen LogP contribution in [0.5, 0.6) is 0 Å². The summed E-state index contributed by atoms with van der Waals surface area (Å²) in [5.74, 6) is 0.280. The third-order valence-corrected chi connectivity index (χ3v) is 5.08. The van der Waals surface area contributed by atoms with Crippen LogP contribution in [0.25, 0.3) is 0 Å². The van der Waals surface area contributed by atoms with Gasteiger partial charge in [0.05, 0.1) is 5.69 Å². The molecule has 0 aliphatic carbocycles. The molecule has 0 saturated carbocycles. The Labute approximate surface area is 167 Å². The molecule has 1 atom stereocenters. The second-order valence-corrected chi connectivity index (χ2v) is 7.44. The van der Waals surface area contributed by atoms with E-state index in [9.17, 15) is 9.59 Å². The number of amides is 2. The minimum absolute atomic E-state index is 0.127. The molecule has 0 aromatic heterocycles. The van der Waals surface area contributed by atoms with Crippen molar-refractivity contribution in [2.75, 3.05) is 17.3 Å². The van der Waals surface area contributed by atoms with Crippen LogP contribution in [0, 0.1) is 0 Å². The van der Waals surface area contributed by atoms with E-state index in [4.69, 9.17) is 11.6 Å². The van der Waals surface area contributed by atoms with Crippen molar-refractivity contribution >= 4 is 46.7 Å². The Kier molecular flexibility index (Phi) is 6.36. The summed E-state index contributed by atoms with van der Waals surface area (Å²) in [5.41, 5.74) is 3.47. The summed E-state index contributed by atoms with van der Waals surface area (Å²) in [5, 5.41) is 4.88. The van der Waals surface area contributed by atoms with E-state index in [1.54, 1.807) is 30.8 Å². The minimum atomic E-state index is -0.629. The summed E-state index contributed by atoms with van der Waals surface area (Å²) in [7, 11) is 0. The molecule has 140 valence electrons. The monoisotopic (exact) mass is 402 g/mol. The number of thioether (sulfide) groups is 1. The van der Waals surface area contributed by atoms with Gasteiger partial charge in [0.15, 0.2) is 0 Å². The van der Waals surface area contributed by atoms with Gasteiger partial charge < -0.3 is 5.32 Å². The Hall–Kier alpha value is -2.51. The zero-order chi connectivity index (χ0) is 19.2. The summed E-state index contributed by atoms with van der Waals surface area (Å²) in [6.07, 6.45) is 0. The van der Waals surface area contributed by atoms with Crippen LogP contribution < -0.4 is 15.8 Å². The van der Waals surface area contributed by atoms with E-state index in [0.29, 0.717) is 23.0 Å². The highest BCUT2D eigenvalue weighted by atomic mass is 35.5. The first kappa shape index (κ1) is 19.3. The number of nitrogens with one attached hydrogen (secondary N) is 2. The van der Waals surface area contributed by atoms with Crippen molar-refractivity contribution in [3.8, 4) is 0 Å². The number of carbonyl (C=O) groups excluding carboxylic acids is 2.